The van der Waals surface area contributed by atoms with Gasteiger partial charge in [-0.25, -0.2) is 0 Å². The van der Waals surface area contributed by atoms with Crippen LogP contribution in [0.2, 0.25) is 0 Å². The lowest BCUT2D eigenvalue weighted by atomic mass is 10.2. The highest BCUT2D eigenvalue weighted by molar-refractivity contribution is 4.93. The van der Waals surface area contributed by atoms with Gasteiger partial charge in [-0.3, -0.25) is 4.90 Å². The topological polar surface area (TPSA) is 51.4 Å². The van der Waals surface area contributed by atoms with Crippen LogP contribution < -0.4 is 0 Å². The first-order chi connectivity index (χ1) is 8.70. The van der Waals surface area contributed by atoms with Crippen LogP contribution in [-0.2, 0) is 11.2 Å². The van der Waals surface area contributed by atoms with E-state index in [1.165, 1.54) is 0 Å². The molecule has 2 atom stereocenters. The standard InChI is InChI=1S/C13H23N3O2/c1-4-5-6-12-14-13(18-15-12)11(3)16-7-8-17-10(2)9-16/h10-11H,4-9H2,1-3H3. The van der Waals surface area contributed by atoms with Crippen LogP contribution in [0.25, 0.3) is 0 Å². The summed E-state index contributed by atoms with van der Waals surface area (Å²) in [6.45, 7) is 9.02. The van der Waals surface area contributed by atoms with E-state index in [2.05, 4.69) is 35.8 Å². The van der Waals surface area contributed by atoms with Crippen molar-refractivity contribution in [2.45, 2.75) is 52.2 Å². The molecule has 0 spiro atoms. The van der Waals surface area contributed by atoms with Crippen molar-refractivity contribution < 1.29 is 9.26 Å². The van der Waals surface area contributed by atoms with Crippen molar-refractivity contribution in [2.24, 2.45) is 0 Å². The molecule has 102 valence electrons. The molecule has 1 aliphatic heterocycles. The molecule has 1 aliphatic rings. The van der Waals surface area contributed by atoms with Crippen molar-refractivity contribution in [1.82, 2.24) is 15.0 Å². The summed E-state index contributed by atoms with van der Waals surface area (Å²) in [7, 11) is 0. The molecule has 0 amide bonds. The number of aromatic nitrogens is 2. The molecule has 0 N–H and O–H groups in total. The molecule has 2 rings (SSSR count). The highest BCUT2D eigenvalue weighted by Gasteiger charge is 2.26. The van der Waals surface area contributed by atoms with Gasteiger partial charge in [0.1, 0.15) is 0 Å². The van der Waals surface area contributed by atoms with E-state index in [1.807, 2.05) is 0 Å². The maximum Gasteiger partial charge on any atom is 0.243 e. The van der Waals surface area contributed by atoms with Gasteiger partial charge in [0.2, 0.25) is 5.89 Å². The zero-order valence-corrected chi connectivity index (χ0v) is 11.6. The van der Waals surface area contributed by atoms with E-state index in [1.54, 1.807) is 0 Å². The van der Waals surface area contributed by atoms with Crippen LogP contribution in [0.4, 0.5) is 0 Å². The Bertz CT molecular complexity index is 367. The summed E-state index contributed by atoms with van der Waals surface area (Å²) in [5.74, 6) is 1.57. The second-order valence-corrected chi connectivity index (χ2v) is 5.00. The molecule has 5 nitrogen and oxygen atoms in total. The summed E-state index contributed by atoms with van der Waals surface area (Å²) in [6, 6.07) is 0.180. The zero-order valence-electron chi connectivity index (χ0n) is 11.6. The van der Waals surface area contributed by atoms with E-state index in [-0.39, 0.29) is 12.1 Å². The number of ether oxygens (including phenoxy) is 1. The van der Waals surface area contributed by atoms with Gasteiger partial charge < -0.3 is 9.26 Å². The Hall–Kier alpha value is -0.940. The Balaban J connectivity index is 1.95. The first kappa shape index (κ1) is 13.5. The number of hydrogen-bond acceptors (Lipinski definition) is 5. The molecule has 1 aromatic rings. The second kappa shape index (κ2) is 6.29. The summed E-state index contributed by atoms with van der Waals surface area (Å²) in [6.07, 6.45) is 3.46. The molecule has 0 aromatic carbocycles. The highest BCUT2D eigenvalue weighted by Crippen LogP contribution is 2.21. The molecule has 0 aliphatic carbocycles. The van der Waals surface area contributed by atoms with Crippen LogP contribution in [0.1, 0.15) is 51.4 Å². The first-order valence-corrected chi connectivity index (χ1v) is 6.88. The quantitative estimate of drug-likeness (QED) is 0.805. The maximum atomic E-state index is 5.54. The van der Waals surface area contributed by atoms with Gasteiger partial charge in [0.15, 0.2) is 5.82 Å². The Morgan fingerprint density at radius 1 is 1.50 bits per heavy atom. The number of nitrogens with zero attached hydrogens (tertiary/aromatic N) is 3. The summed E-state index contributed by atoms with van der Waals surface area (Å²) in [4.78, 5) is 6.83. The van der Waals surface area contributed by atoms with E-state index in [0.29, 0.717) is 0 Å². The maximum absolute atomic E-state index is 5.54. The van der Waals surface area contributed by atoms with Crippen LogP contribution in [-0.4, -0.2) is 40.8 Å². The molecule has 0 bridgehead atoms. The third-order valence-corrected chi connectivity index (χ3v) is 3.42. The van der Waals surface area contributed by atoms with Crippen LogP contribution in [0.3, 0.4) is 0 Å². The van der Waals surface area contributed by atoms with Gasteiger partial charge in [0.05, 0.1) is 18.8 Å². The minimum atomic E-state index is 0.180. The van der Waals surface area contributed by atoms with Gasteiger partial charge in [0, 0.05) is 19.5 Å². The third-order valence-electron chi connectivity index (χ3n) is 3.42. The van der Waals surface area contributed by atoms with E-state index < -0.39 is 0 Å². The van der Waals surface area contributed by atoms with Crippen molar-refractivity contribution in [3.05, 3.63) is 11.7 Å². The van der Waals surface area contributed by atoms with E-state index in [4.69, 9.17) is 9.26 Å². The van der Waals surface area contributed by atoms with Crippen molar-refractivity contribution in [3.8, 4) is 0 Å². The monoisotopic (exact) mass is 253 g/mol. The molecule has 0 radical (unpaired) electrons. The van der Waals surface area contributed by atoms with E-state index in [0.717, 1.165) is 50.7 Å². The van der Waals surface area contributed by atoms with E-state index in [9.17, 15) is 0 Å². The predicted octanol–water partition coefficient (Wildman–Crippen LogP) is 2.19. The first-order valence-electron chi connectivity index (χ1n) is 6.88. The van der Waals surface area contributed by atoms with Crippen molar-refractivity contribution in [1.29, 1.82) is 0 Å². The number of morpholine rings is 1. The predicted molar refractivity (Wildman–Crippen MR) is 68.3 cm³/mol. The molecular formula is C13H23N3O2. The Morgan fingerprint density at radius 3 is 3.06 bits per heavy atom. The van der Waals surface area contributed by atoms with Gasteiger partial charge in [-0.1, -0.05) is 18.5 Å². The van der Waals surface area contributed by atoms with Gasteiger partial charge in [0.25, 0.3) is 0 Å². The number of rotatable bonds is 5. The van der Waals surface area contributed by atoms with Crippen molar-refractivity contribution >= 4 is 0 Å². The Morgan fingerprint density at radius 2 is 2.33 bits per heavy atom. The van der Waals surface area contributed by atoms with Crippen LogP contribution in [0.15, 0.2) is 4.52 Å². The van der Waals surface area contributed by atoms with Gasteiger partial charge in [-0.15, -0.1) is 0 Å². The smallest absolute Gasteiger partial charge is 0.243 e. The normalized spacial score (nSPS) is 23.2. The fourth-order valence-corrected chi connectivity index (χ4v) is 2.23. The summed E-state index contributed by atoms with van der Waals surface area (Å²) < 4.78 is 10.9. The molecule has 1 fully saturated rings. The van der Waals surface area contributed by atoms with Crippen LogP contribution >= 0.6 is 0 Å². The van der Waals surface area contributed by atoms with Crippen molar-refractivity contribution in [2.75, 3.05) is 19.7 Å². The molecular weight excluding hydrogens is 230 g/mol. The van der Waals surface area contributed by atoms with Crippen LogP contribution in [0, 0.1) is 0 Å². The third kappa shape index (κ3) is 3.29. The summed E-state index contributed by atoms with van der Waals surface area (Å²) in [5.41, 5.74) is 0. The Kier molecular flexibility index (Phi) is 4.72. The van der Waals surface area contributed by atoms with Crippen molar-refractivity contribution in [3.63, 3.8) is 0 Å². The lowest BCUT2D eigenvalue weighted by Gasteiger charge is -2.33. The SMILES string of the molecule is CCCCc1noc(C(C)N2CCOC(C)C2)n1. The lowest BCUT2D eigenvalue weighted by molar-refractivity contribution is -0.0361. The summed E-state index contributed by atoms with van der Waals surface area (Å²) in [5, 5.41) is 4.04. The lowest BCUT2D eigenvalue weighted by Crippen LogP contribution is -2.42. The number of hydrogen-bond donors (Lipinski definition) is 0. The second-order valence-electron chi connectivity index (χ2n) is 5.00. The number of aryl methyl sites for hydroxylation is 1. The molecule has 18 heavy (non-hydrogen) atoms. The van der Waals surface area contributed by atoms with E-state index >= 15 is 0 Å². The number of unbranched alkanes of at least 4 members (excludes halogenated alkanes) is 1. The zero-order chi connectivity index (χ0) is 13.0. The molecule has 0 saturated carbocycles. The Labute approximate surface area is 108 Å². The van der Waals surface area contributed by atoms with Gasteiger partial charge in [-0.05, 0) is 20.3 Å². The molecule has 2 unspecified atom stereocenters. The summed E-state index contributed by atoms with van der Waals surface area (Å²) >= 11 is 0. The molecule has 1 aromatic heterocycles. The fraction of sp³-hybridized carbons (Fsp3) is 0.846. The highest BCUT2D eigenvalue weighted by atomic mass is 16.5. The largest absolute Gasteiger partial charge is 0.376 e. The van der Waals surface area contributed by atoms with Gasteiger partial charge in [-0.2, -0.15) is 4.98 Å². The average molecular weight is 253 g/mol. The minimum Gasteiger partial charge on any atom is -0.376 e. The van der Waals surface area contributed by atoms with Crippen LogP contribution in [0.5, 0.6) is 0 Å². The molecule has 2 heterocycles. The fourth-order valence-electron chi connectivity index (χ4n) is 2.23. The minimum absolute atomic E-state index is 0.180. The molecule has 1 saturated heterocycles. The van der Waals surface area contributed by atoms with Gasteiger partial charge >= 0.3 is 0 Å². The molecule has 5 heteroatoms. The average Bonchev–Trinajstić information content (AvgIpc) is 2.84.